The molecule has 0 atom stereocenters. The predicted molar refractivity (Wildman–Crippen MR) is 62.7 cm³/mol. The van der Waals surface area contributed by atoms with Crippen LogP contribution in [-0.4, -0.2) is 18.8 Å². The molecule has 0 aliphatic rings. The zero-order chi connectivity index (χ0) is 11.3. The molecule has 0 saturated carbocycles. The first-order valence-electron chi connectivity index (χ1n) is 5.00. The normalized spacial score (nSPS) is 11.5. The highest BCUT2D eigenvalue weighted by Gasteiger charge is 2.09. The maximum absolute atomic E-state index is 5.82. The van der Waals surface area contributed by atoms with E-state index in [1.165, 1.54) is 0 Å². The first-order valence-corrected chi connectivity index (χ1v) is 5.37. The molecule has 0 aliphatic heterocycles. The monoisotopic (exact) mass is 228 g/mol. The summed E-state index contributed by atoms with van der Waals surface area (Å²) >= 11 is 5.82. The molecule has 0 saturated heterocycles. The van der Waals surface area contributed by atoms with Gasteiger partial charge in [0, 0.05) is 5.02 Å². The molecule has 0 fully saturated rings. The number of halogens is 1. The average Bonchev–Trinajstić information content (AvgIpc) is 2.11. The molecule has 0 bridgehead atoms. The van der Waals surface area contributed by atoms with Gasteiger partial charge in [-0.1, -0.05) is 17.7 Å². The first kappa shape index (κ1) is 12.3. The van der Waals surface area contributed by atoms with Crippen molar-refractivity contribution in [3.8, 4) is 5.75 Å². The van der Waals surface area contributed by atoms with Crippen LogP contribution in [0.4, 0.5) is 0 Å². The van der Waals surface area contributed by atoms with Crippen LogP contribution in [0.25, 0.3) is 0 Å². The molecule has 0 unspecified atom stereocenters. The Hall–Kier alpha value is -0.730. The second-order valence-electron chi connectivity index (χ2n) is 4.27. The van der Waals surface area contributed by atoms with Crippen LogP contribution in [0, 0.1) is 0 Å². The van der Waals surface area contributed by atoms with Gasteiger partial charge in [-0.15, -0.1) is 0 Å². The molecular weight excluding hydrogens is 212 g/mol. The lowest BCUT2D eigenvalue weighted by Crippen LogP contribution is -2.22. The quantitative estimate of drug-likeness (QED) is 0.734. The number of hydrogen-bond acceptors (Lipinski definition) is 2. The van der Waals surface area contributed by atoms with Gasteiger partial charge < -0.3 is 9.47 Å². The third-order valence-corrected chi connectivity index (χ3v) is 1.92. The van der Waals surface area contributed by atoms with Crippen molar-refractivity contribution in [1.29, 1.82) is 0 Å². The van der Waals surface area contributed by atoms with Crippen molar-refractivity contribution < 1.29 is 9.47 Å². The third-order valence-electron chi connectivity index (χ3n) is 1.68. The molecule has 1 aromatic rings. The average molecular weight is 229 g/mol. The fourth-order valence-electron chi connectivity index (χ4n) is 1.06. The highest BCUT2D eigenvalue weighted by molar-refractivity contribution is 6.30. The van der Waals surface area contributed by atoms with Crippen LogP contribution < -0.4 is 4.74 Å². The van der Waals surface area contributed by atoms with Crippen LogP contribution in [0.2, 0.25) is 5.02 Å². The molecular formula is C12H17ClO2. The minimum absolute atomic E-state index is 0.113. The van der Waals surface area contributed by atoms with Gasteiger partial charge in [0.05, 0.1) is 12.2 Å². The van der Waals surface area contributed by atoms with Crippen LogP contribution >= 0.6 is 11.6 Å². The summed E-state index contributed by atoms with van der Waals surface area (Å²) < 4.78 is 11.0. The molecule has 1 aromatic carbocycles. The van der Waals surface area contributed by atoms with E-state index in [9.17, 15) is 0 Å². The van der Waals surface area contributed by atoms with E-state index in [-0.39, 0.29) is 5.60 Å². The van der Waals surface area contributed by atoms with Gasteiger partial charge in [-0.3, -0.25) is 0 Å². The van der Waals surface area contributed by atoms with Gasteiger partial charge in [-0.2, -0.15) is 0 Å². The number of rotatable bonds is 4. The van der Waals surface area contributed by atoms with Crippen molar-refractivity contribution in [2.75, 3.05) is 13.2 Å². The number of ether oxygens (including phenoxy) is 2. The van der Waals surface area contributed by atoms with Gasteiger partial charge >= 0.3 is 0 Å². The summed E-state index contributed by atoms with van der Waals surface area (Å²) in [5.74, 6) is 0.778. The van der Waals surface area contributed by atoms with Gasteiger partial charge in [-0.25, -0.2) is 0 Å². The second kappa shape index (κ2) is 5.38. The molecule has 0 spiro atoms. The Morgan fingerprint density at radius 2 is 1.93 bits per heavy atom. The molecule has 0 heterocycles. The predicted octanol–water partition coefficient (Wildman–Crippen LogP) is 3.53. The van der Waals surface area contributed by atoms with Crippen LogP contribution in [0.5, 0.6) is 5.75 Å². The van der Waals surface area contributed by atoms with E-state index in [1.807, 2.05) is 39.0 Å². The van der Waals surface area contributed by atoms with Crippen molar-refractivity contribution in [3.63, 3.8) is 0 Å². The second-order valence-corrected chi connectivity index (χ2v) is 4.70. The molecule has 1 rings (SSSR count). The molecule has 3 heteroatoms. The van der Waals surface area contributed by atoms with E-state index in [1.54, 1.807) is 6.07 Å². The highest BCUT2D eigenvalue weighted by atomic mass is 35.5. The lowest BCUT2D eigenvalue weighted by molar-refractivity contribution is -0.0163. The fourth-order valence-corrected chi connectivity index (χ4v) is 1.24. The molecule has 0 N–H and O–H groups in total. The zero-order valence-corrected chi connectivity index (χ0v) is 10.2. The molecule has 0 aliphatic carbocycles. The molecule has 2 nitrogen and oxygen atoms in total. The SMILES string of the molecule is CC(C)(C)OCCOc1cccc(Cl)c1. The Labute approximate surface area is 96.2 Å². The molecule has 0 amide bonds. The molecule has 84 valence electrons. The summed E-state index contributed by atoms with van der Waals surface area (Å²) in [6.45, 7) is 7.18. The summed E-state index contributed by atoms with van der Waals surface area (Å²) in [6, 6.07) is 7.35. The van der Waals surface area contributed by atoms with E-state index < -0.39 is 0 Å². The molecule has 0 aromatic heterocycles. The standard InChI is InChI=1S/C12H17ClO2/c1-12(2,3)15-8-7-14-11-6-4-5-10(13)9-11/h4-6,9H,7-8H2,1-3H3. The van der Waals surface area contributed by atoms with E-state index in [0.717, 1.165) is 5.75 Å². The van der Waals surface area contributed by atoms with E-state index in [0.29, 0.717) is 18.2 Å². The zero-order valence-electron chi connectivity index (χ0n) is 9.42. The van der Waals surface area contributed by atoms with Crippen molar-refractivity contribution in [2.24, 2.45) is 0 Å². The van der Waals surface area contributed by atoms with Gasteiger partial charge in [0.15, 0.2) is 0 Å². The van der Waals surface area contributed by atoms with Gasteiger partial charge in [0.25, 0.3) is 0 Å². The van der Waals surface area contributed by atoms with Crippen molar-refractivity contribution >= 4 is 11.6 Å². The maximum atomic E-state index is 5.82. The lowest BCUT2D eigenvalue weighted by Gasteiger charge is -2.19. The minimum atomic E-state index is -0.113. The van der Waals surface area contributed by atoms with Gasteiger partial charge in [-0.05, 0) is 39.0 Å². The summed E-state index contributed by atoms with van der Waals surface area (Å²) in [4.78, 5) is 0. The topological polar surface area (TPSA) is 18.5 Å². The van der Waals surface area contributed by atoms with Crippen molar-refractivity contribution in [1.82, 2.24) is 0 Å². The van der Waals surface area contributed by atoms with E-state index in [4.69, 9.17) is 21.1 Å². The van der Waals surface area contributed by atoms with Crippen molar-refractivity contribution in [2.45, 2.75) is 26.4 Å². The lowest BCUT2D eigenvalue weighted by atomic mass is 10.2. The third kappa shape index (κ3) is 5.65. The molecule has 0 radical (unpaired) electrons. The smallest absolute Gasteiger partial charge is 0.120 e. The summed E-state index contributed by atoms with van der Waals surface area (Å²) in [7, 11) is 0. The summed E-state index contributed by atoms with van der Waals surface area (Å²) in [6.07, 6.45) is 0. The Morgan fingerprint density at radius 1 is 1.20 bits per heavy atom. The van der Waals surface area contributed by atoms with E-state index >= 15 is 0 Å². The highest BCUT2D eigenvalue weighted by Crippen LogP contribution is 2.17. The maximum Gasteiger partial charge on any atom is 0.120 e. The fraction of sp³-hybridized carbons (Fsp3) is 0.500. The van der Waals surface area contributed by atoms with E-state index in [2.05, 4.69) is 0 Å². The Bertz CT molecular complexity index is 305. The van der Waals surface area contributed by atoms with Crippen molar-refractivity contribution in [3.05, 3.63) is 29.3 Å². The molecule has 15 heavy (non-hydrogen) atoms. The Morgan fingerprint density at radius 3 is 2.53 bits per heavy atom. The van der Waals surface area contributed by atoms with Crippen LogP contribution in [0.1, 0.15) is 20.8 Å². The van der Waals surface area contributed by atoms with Crippen LogP contribution in [0.15, 0.2) is 24.3 Å². The number of benzene rings is 1. The van der Waals surface area contributed by atoms with Gasteiger partial charge in [0.2, 0.25) is 0 Å². The summed E-state index contributed by atoms with van der Waals surface area (Å²) in [5.41, 5.74) is -0.113. The Balaban J connectivity index is 2.26. The summed E-state index contributed by atoms with van der Waals surface area (Å²) in [5, 5.41) is 0.684. The largest absolute Gasteiger partial charge is 0.491 e. The Kier molecular flexibility index (Phi) is 4.43. The first-order chi connectivity index (χ1) is 6.97. The van der Waals surface area contributed by atoms with Crippen LogP contribution in [0.3, 0.4) is 0 Å². The van der Waals surface area contributed by atoms with Crippen LogP contribution in [-0.2, 0) is 4.74 Å². The number of hydrogen-bond donors (Lipinski definition) is 0. The van der Waals surface area contributed by atoms with Gasteiger partial charge in [0.1, 0.15) is 12.4 Å². The minimum Gasteiger partial charge on any atom is -0.491 e.